The highest BCUT2D eigenvalue weighted by Gasteiger charge is 2.23. The van der Waals surface area contributed by atoms with Crippen molar-refractivity contribution >= 4 is 16.9 Å². The molecular formula is C15H20N3O2+. The molecule has 1 saturated heterocycles. The largest absolute Gasteiger partial charge is 0.376 e. The fourth-order valence-corrected chi connectivity index (χ4v) is 2.62. The van der Waals surface area contributed by atoms with E-state index in [1.807, 2.05) is 23.2 Å². The zero-order chi connectivity index (χ0) is 13.9. The molecule has 2 aromatic heterocycles. The number of fused-ring (bicyclic) bond motifs is 1. The van der Waals surface area contributed by atoms with Crippen molar-refractivity contribution in [3.8, 4) is 0 Å². The van der Waals surface area contributed by atoms with E-state index in [0.717, 1.165) is 37.0 Å². The molecule has 0 bridgehead atoms. The Kier molecular flexibility index (Phi) is 3.69. The first-order chi connectivity index (χ1) is 9.78. The van der Waals surface area contributed by atoms with Crippen molar-refractivity contribution in [3.05, 3.63) is 30.1 Å². The van der Waals surface area contributed by atoms with E-state index in [4.69, 9.17) is 4.74 Å². The lowest BCUT2D eigenvalue weighted by Gasteiger charge is -2.23. The molecule has 1 amide bonds. The summed E-state index contributed by atoms with van der Waals surface area (Å²) in [7, 11) is 0. The van der Waals surface area contributed by atoms with Gasteiger partial charge in [0.05, 0.1) is 23.3 Å². The lowest BCUT2D eigenvalue weighted by Crippen LogP contribution is -2.37. The van der Waals surface area contributed by atoms with Crippen LogP contribution in [0.25, 0.3) is 11.0 Å². The monoisotopic (exact) mass is 274 g/mol. The first-order valence-corrected chi connectivity index (χ1v) is 7.17. The SMILES string of the molecule is CC[C@H]1CN(C(=O)c2c[nH+]c3[nH]ccc3c2)CCCO1. The molecule has 0 aromatic carbocycles. The van der Waals surface area contributed by atoms with Crippen molar-refractivity contribution < 1.29 is 14.5 Å². The maximum absolute atomic E-state index is 12.6. The molecule has 2 N–H and O–H groups in total. The predicted molar refractivity (Wildman–Crippen MR) is 75.4 cm³/mol. The van der Waals surface area contributed by atoms with Crippen molar-refractivity contribution in [2.75, 3.05) is 19.7 Å². The highest BCUT2D eigenvalue weighted by molar-refractivity contribution is 5.96. The molecule has 1 fully saturated rings. The van der Waals surface area contributed by atoms with Gasteiger partial charge in [-0.05, 0) is 25.0 Å². The quantitative estimate of drug-likeness (QED) is 0.904. The molecule has 5 nitrogen and oxygen atoms in total. The summed E-state index contributed by atoms with van der Waals surface area (Å²) in [6.45, 7) is 4.28. The minimum atomic E-state index is 0.0771. The number of rotatable bonds is 2. The van der Waals surface area contributed by atoms with E-state index in [1.165, 1.54) is 0 Å². The summed E-state index contributed by atoms with van der Waals surface area (Å²) in [4.78, 5) is 20.7. The van der Waals surface area contributed by atoms with Crippen LogP contribution >= 0.6 is 0 Å². The molecule has 0 saturated carbocycles. The number of nitrogens with zero attached hydrogens (tertiary/aromatic N) is 1. The van der Waals surface area contributed by atoms with Gasteiger partial charge in [-0.2, -0.15) is 0 Å². The highest BCUT2D eigenvalue weighted by Crippen LogP contribution is 2.14. The Morgan fingerprint density at radius 3 is 3.35 bits per heavy atom. The fraction of sp³-hybridized carbons (Fsp3) is 0.467. The molecule has 0 radical (unpaired) electrons. The summed E-state index contributed by atoms with van der Waals surface area (Å²) in [5.74, 6) is 0.0771. The zero-order valence-electron chi connectivity index (χ0n) is 11.7. The van der Waals surface area contributed by atoms with E-state index >= 15 is 0 Å². The second-order valence-electron chi connectivity index (χ2n) is 5.20. The average Bonchev–Trinajstić information content (AvgIpc) is 2.81. The summed E-state index contributed by atoms with van der Waals surface area (Å²) in [5, 5.41) is 1.02. The minimum absolute atomic E-state index is 0.0771. The number of hydrogen-bond acceptors (Lipinski definition) is 2. The number of hydrogen-bond donors (Lipinski definition) is 1. The number of amides is 1. The maximum Gasteiger partial charge on any atom is 0.284 e. The van der Waals surface area contributed by atoms with Crippen LogP contribution in [0.2, 0.25) is 0 Å². The third kappa shape index (κ3) is 2.54. The van der Waals surface area contributed by atoms with E-state index in [1.54, 1.807) is 6.20 Å². The Balaban J connectivity index is 1.82. The Morgan fingerprint density at radius 1 is 1.60 bits per heavy atom. The van der Waals surface area contributed by atoms with E-state index in [2.05, 4.69) is 16.9 Å². The van der Waals surface area contributed by atoms with Gasteiger partial charge in [0, 0.05) is 19.7 Å². The summed E-state index contributed by atoms with van der Waals surface area (Å²) < 4.78 is 5.72. The summed E-state index contributed by atoms with van der Waals surface area (Å²) >= 11 is 0. The minimum Gasteiger partial charge on any atom is -0.376 e. The van der Waals surface area contributed by atoms with Crippen LogP contribution in [0.1, 0.15) is 30.1 Å². The van der Waals surface area contributed by atoms with E-state index in [-0.39, 0.29) is 12.0 Å². The molecule has 106 valence electrons. The van der Waals surface area contributed by atoms with Crippen LogP contribution in [-0.4, -0.2) is 41.6 Å². The van der Waals surface area contributed by atoms with Gasteiger partial charge in [-0.3, -0.25) is 4.79 Å². The van der Waals surface area contributed by atoms with Crippen LogP contribution in [0.5, 0.6) is 0 Å². The van der Waals surface area contributed by atoms with Crippen LogP contribution in [0.4, 0.5) is 0 Å². The standard InChI is InChI=1S/C15H19N3O2/c1-2-13-10-18(6-3-7-20-13)15(19)12-8-11-4-5-16-14(11)17-9-12/h4-5,8-9,13H,2-3,6-7,10H2,1H3,(H,16,17)/p+1/t13-/m0/s1. The van der Waals surface area contributed by atoms with Gasteiger partial charge in [0.2, 0.25) is 0 Å². The van der Waals surface area contributed by atoms with Crippen LogP contribution in [0, 0.1) is 0 Å². The molecule has 2 aromatic rings. The van der Waals surface area contributed by atoms with Gasteiger partial charge in [0.25, 0.3) is 11.6 Å². The second kappa shape index (κ2) is 5.63. The molecule has 20 heavy (non-hydrogen) atoms. The van der Waals surface area contributed by atoms with E-state index in [9.17, 15) is 4.79 Å². The van der Waals surface area contributed by atoms with Gasteiger partial charge in [-0.1, -0.05) is 6.92 Å². The van der Waals surface area contributed by atoms with Crippen LogP contribution in [-0.2, 0) is 4.74 Å². The van der Waals surface area contributed by atoms with Crippen LogP contribution in [0.15, 0.2) is 24.5 Å². The number of carbonyl (C=O) groups is 1. The topological polar surface area (TPSA) is 59.5 Å². The number of H-pyrrole nitrogens is 2. The summed E-state index contributed by atoms with van der Waals surface area (Å²) in [5.41, 5.74) is 1.64. The number of ether oxygens (including phenoxy) is 1. The Labute approximate surface area is 117 Å². The van der Waals surface area contributed by atoms with Crippen molar-refractivity contribution in [1.29, 1.82) is 0 Å². The second-order valence-corrected chi connectivity index (χ2v) is 5.20. The average molecular weight is 274 g/mol. The number of carbonyl (C=O) groups excluding carboxylic acids is 1. The predicted octanol–water partition coefficient (Wildman–Crippen LogP) is 1.62. The van der Waals surface area contributed by atoms with Crippen LogP contribution < -0.4 is 4.98 Å². The lowest BCUT2D eigenvalue weighted by atomic mass is 10.2. The maximum atomic E-state index is 12.6. The Hall–Kier alpha value is -1.88. The van der Waals surface area contributed by atoms with E-state index < -0.39 is 0 Å². The zero-order valence-corrected chi connectivity index (χ0v) is 11.7. The van der Waals surface area contributed by atoms with Crippen LogP contribution in [0.3, 0.4) is 0 Å². The molecule has 0 spiro atoms. The summed E-state index contributed by atoms with van der Waals surface area (Å²) in [6.07, 6.45) is 5.63. The summed E-state index contributed by atoms with van der Waals surface area (Å²) in [6, 6.07) is 3.89. The van der Waals surface area contributed by atoms with Gasteiger partial charge in [-0.15, -0.1) is 0 Å². The Morgan fingerprint density at radius 2 is 2.50 bits per heavy atom. The van der Waals surface area contributed by atoms with Crippen molar-refractivity contribution in [2.45, 2.75) is 25.9 Å². The van der Waals surface area contributed by atoms with Gasteiger partial charge in [0.15, 0.2) is 0 Å². The van der Waals surface area contributed by atoms with Crippen molar-refractivity contribution in [1.82, 2.24) is 9.88 Å². The number of aromatic amines is 2. The van der Waals surface area contributed by atoms with Crippen molar-refractivity contribution in [3.63, 3.8) is 0 Å². The van der Waals surface area contributed by atoms with E-state index in [0.29, 0.717) is 12.1 Å². The van der Waals surface area contributed by atoms with Gasteiger partial charge >= 0.3 is 0 Å². The molecule has 1 aliphatic heterocycles. The first kappa shape index (κ1) is 13.1. The molecule has 5 heteroatoms. The van der Waals surface area contributed by atoms with Crippen molar-refractivity contribution in [2.24, 2.45) is 0 Å². The number of pyridine rings is 1. The molecule has 0 unspecified atom stereocenters. The third-order valence-electron chi connectivity index (χ3n) is 3.80. The molecule has 1 aliphatic rings. The smallest absolute Gasteiger partial charge is 0.284 e. The molecule has 3 heterocycles. The lowest BCUT2D eigenvalue weighted by molar-refractivity contribution is -0.347. The number of nitrogens with one attached hydrogen (secondary N) is 2. The van der Waals surface area contributed by atoms with Gasteiger partial charge in [-0.25, -0.2) is 9.97 Å². The number of aromatic nitrogens is 2. The first-order valence-electron chi connectivity index (χ1n) is 7.17. The molecule has 1 atom stereocenters. The normalized spacial score (nSPS) is 20.1. The fourth-order valence-electron chi connectivity index (χ4n) is 2.62. The molecule has 3 rings (SSSR count). The van der Waals surface area contributed by atoms with Gasteiger partial charge < -0.3 is 9.64 Å². The Bertz CT molecular complexity index is 608. The highest BCUT2D eigenvalue weighted by atomic mass is 16.5. The third-order valence-corrected chi connectivity index (χ3v) is 3.80. The van der Waals surface area contributed by atoms with Gasteiger partial charge in [0.1, 0.15) is 6.20 Å². The molecule has 0 aliphatic carbocycles. The molecular weight excluding hydrogens is 254 g/mol.